The number of halogens is 1. The third-order valence-corrected chi connectivity index (χ3v) is 4.48. The molecule has 2 N–H and O–H groups in total. The van der Waals surface area contributed by atoms with E-state index in [-0.39, 0.29) is 11.3 Å². The van der Waals surface area contributed by atoms with Gasteiger partial charge in [-0.25, -0.2) is 0 Å². The maximum atomic E-state index is 11.4. The maximum Gasteiger partial charge on any atom is 0.328 e. The summed E-state index contributed by atoms with van der Waals surface area (Å²) < 4.78 is 10.4. The first-order valence-corrected chi connectivity index (χ1v) is 9.19. The molecular formula is C18H22ClN5O3. The number of ether oxygens (including phenoxy) is 2. The Kier molecular flexibility index (Phi) is 6.41. The van der Waals surface area contributed by atoms with Crippen LogP contribution in [0.25, 0.3) is 0 Å². The van der Waals surface area contributed by atoms with E-state index in [0.717, 1.165) is 31.5 Å². The number of hydrogen-bond acceptors (Lipinski definition) is 8. The van der Waals surface area contributed by atoms with Gasteiger partial charge >= 0.3 is 12.0 Å². The second-order valence-electron chi connectivity index (χ2n) is 6.31. The van der Waals surface area contributed by atoms with Crippen LogP contribution in [-0.4, -0.2) is 47.2 Å². The largest absolute Gasteiger partial charge is 0.468 e. The van der Waals surface area contributed by atoms with Crippen molar-refractivity contribution in [2.75, 3.05) is 25.1 Å². The molecule has 0 aliphatic carbocycles. The van der Waals surface area contributed by atoms with Gasteiger partial charge in [-0.05, 0) is 55.0 Å². The summed E-state index contributed by atoms with van der Waals surface area (Å²) in [6.07, 6.45) is 3.80. The van der Waals surface area contributed by atoms with Crippen LogP contribution < -0.4 is 15.4 Å². The zero-order valence-electron chi connectivity index (χ0n) is 15.1. The third-order valence-electron chi connectivity index (χ3n) is 4.31. The lowest BCUT2D eigenvalue weighted by Gasteiger charge is -2.26. The van der Waals surface area contributed by atoms with Gasteiger partial charge in [-0.2, -0.15) is 15.0 Å². The van der Waals surface area contributed by atoms with E-state index in [4.69, 9.17) is 22.1 Å². The van der Waals surface area contributed by atoms with Crippen LogP contribution >= 0.6 is 11.6 Å². The molecule has 1 aromatic carbocycles. The Labute approximate surface area is 162 Å². The van der Waals surface area contributed by atoms with E-state index in [9.17, 15) is 4.79 Å². The van der Waals surface area contributed by atoms with Crippen LogP contribution in [-0.2, 0) is 16.0 Å². The highest BCUT2D eigenvalue weighted by molar-refractivity contribution is 6.28. The molecule has 1 fully saturated rings. The van der Waals surface area contributed by atoms with Gasteiger partial charge in [0.1, 0.15) is 11.8 Å². The quantitative estimate of drug-likeness (QED) is 0.748. The standard InChI is InChI=1S/C18H22ClN5O3/c1-26-15(25)14(20)11-12-5-7-13(8-6-12)27-18-22-16(19)21-17(23-18)24-9-3-2-4-10-24/h5-8,14H,2-4,9-11,20H2,1H3/t14-/m0/s1. The summed E-state index contributed by atoms with van der Waals surface area (Å²) in [5.41, 5.74) is 6.67. The predicted molar refractivity (Wildman–Crippen MR) is 101 cm³/mol. The van der Waals surface area contributed by atoms with Crippen LogP contribution in [0, 0.1) is 0 Å². The van der Waals surface area contributed by atoms with Crippen molar-refractivity contribution in [3.63, 3.8) is 0 Å². The average molecular weight is 392 g/mol. The van der Waals surface area contributed by atoms with Crippen molar-refractivity contribution in [1.82, 2.24) is 15.0 Å². The van der Waals surface area contributed by atoms with Crippen molar-refractivity contribution >= 4 is 23.5 Å². The fraction of sp³-hybridized carbons (Fsp3) is 0.444. The third kappa shape index (κ3) is 5.27. The topological polar surface area (TPSA) is 103 Å². The van der Waals surface area contributed by atoms with E-state index >= 15 is 0 Å². The summed E-state index contributed by atoms with van der Waals surface area (Å²) in [6.45, 7) is 1.80. The summed E-state index contributed by atoms with van der Waals surface area (Å²) in [5, 5.41) is 0.0984. The van der Waals surface area contributed by atoms with Gasteiger partial charge in [0.15, 0.2) is 0 Å². The number of methoxy groups -OCH3 is 1. The van der Waals surface area contributed by atoms with E-state index in [1.165, 1.54) is 13.5 Å². The van der Waals surface area contributed by atoms with E-state index in [1.54, 1.807) is 12.1 Å². The zero-order chi connectivity index (χ0) is 19.2. The highest BCUT2D eigenvalue weighted by Crippen LogP contribution is 2.23. The van der Waals surface area contributed by atoms with Crippen LogP contribution in [0.5, 0.6) is 11.8 Å². The molecule has 0 spiro atoms. The van der Waals surface area contributed by atoms with Crippen molar-refractivity contribution in [3.05, 3.63) is 35.1 Å². The molecule has 2 aromatic rings. The van der Waals surface area contributed by atoms with Crippen LogP contribution in [0.15, 0.2) is 24.3 Å². The van der Waals surface area contributed by atoms with Crippen molar-refractivity contribution < 1.29 is 14.3 Å². The molecule has 27 heavy (non-hydrogen) atoms. The smallest absolute Gasteiger partial charge is 0.328 e. The lowest BCUT2D eigenvalue weighted by atomic mass is 10.1. The summed E-state index contributed by atoms with van der Waals surface area (Å²) in [4.78, 5) is 26.1. The van der Waals surface area contributed by atoms with Crippen molar-refractivity contribution in [2.45, 2.75) is 31.7 Å². The highest BCUT2D eigenvalue weighted by Gasteiger charge is 2.17. The minimum absolute atomic E-state index is 0.0984. The summed E-state index contributed by atoms with van der Waals surface area (Å²) in [6, 6.07) is 6.62. The monoisotopic (exact) mass is 391 g/mol. The Balaban J connectivity index is 1.68. The predicted octanol–water partition coefficient (Wildman–Crippen LogP) is 2.35. The Bertz CT molecular complexity index is 781. The van der Waals surface area contributed by atoms with E-state index < -0.39 is 12.0 Å². The second-order valence-corrected chi connectivity index (χ2v) is 6.65. The minimum atomic E-state index is -0.698. The van der Waals surface area contributed by atoms with Gasteiger partial charge in [0, 0.05) is 13.1 Å². The molecule has 3 rings (SSSR count). The number of rotatable bonds is 6. The zero-order valence-corrected chi connectivity index (χ0v) is 15.9. The number of aromatic nitrogens is 3. The normalized spacial score (nSPS) is 15.3. The number of carbonyl (C=O) groups is 1. The van der Waals surface area contributed by atoms with Crippen LogP contribution in [0.2, 0.25) is 5.28 Å². The molecule has 0 bridgehead atoms. The number of piperidine rings is 1. The van der Waals surface area contributed by atoms with Crippen molar-refractivity contribution in [1.29, 1.82) is 0 Å². The maximum absolute atomic E-state index is 11.4. The average Bonchev–Trinajstić information content (AvgIpc) is 2.69. The molecule has 2 heterocycles. The van der Waals surface area contributed by atoms with Gasteiger partial charge in [0.2, 0.25) is 11.2 Å². The fourth-order valence-corrected chi connectivity index (χ4v) is 3.04. The molecule has 0 unspecified atom stereocenters. The fourth-order valence-electron chi connectivity index (χ4n) is 2.89. The molecule has 1 saturated heterocycles. The number of hydrogen-bond donors (Lipinski definition) is 1. The first-order chi connectivity index (χ1) is 13.0. The Hall–Kier alpha value is -2.45. The summed E-state index contributed by atoms with van der Waals surface area (Å²) >= 11 is 6.03. The lowest BCUT2D eigenvalue weighted by molar-refractivity contribution is -0.142. The number of carbonyl (C=O) groups excluding carboxylic acids is 1. The van der Waals surface area contributed by atoms with Gasteiger partial charge in [-0.3, -0.25) is 4.79 Å². The van der Waals surface area contributed by atoms with Crippen LogP contribution in [0.3, 0.4) is 0 Å². The molecule has 1 aliphatic heterocycles. The van der Waals surface area contributed by atoms with Gasteiger partial charge in [-0.1, -0.05) is 12.1 Å². The van der Waals surface area contributed by atoms with E-state index in [1.807, 2.05) is 12.1 Å². The number of benzene rings is 1. The molecule has 0 saturated carbocycles. The minimum Gasteiger partial charge on any atom is -0.468 e. The summed E-state index contributed by atoms with van der Waals surface area (Å²) in [7, 11) is 1.32. The summed E-state index contributed by atoms with van der Waals surface area (Å²) in [5.74, 6) is 0.642. The van der Waals surface area contributed by atoms with Gasteiger partial charge < -0.3 is 20.1 Å². The van der Waals surface area contributed by atoms with Crippen LogP contribution in [0.1, 0.15) is 24.8 Å². The Morgan fingerprint density at radius 1 is 1.19 bits per heavy atom. The van der Waals surface area contributed by atoms with Gasteiger partial charge in [0.05, 0.1) is 7.11 Å². The van der Waals surface area contributed by atoms with Crippen molar-refractivity contribution in [3.8, 4) is 11.8 Å². The number of nitrogens with zero attached hydrogens (tertiary/aromatic N) is 4. The van der Waals surface area contributed by atoms with Gasteiger partial charge in [0.25, 0.3) is 0 Å². The molecule has 0 radical (unpaired) electrons. The van der Waals surface area contributed by atoms with E-state index in [0.29, 0.717) is 18.1 Å². The molecule has 1 aromatic heterocycles. The molecule has 1 aliphatic rings. The SMILES string of the molecule is COC(=O)[C@@H](N)Cc1ccc(Oc2nc(Cl)nc(N3CCCCC3)n2)cc1. The Morgan fingerprint density at radius 2 is 1.89 bits per heavy atom. The first kappa shape index (κ1) is 19.3. The molecule has 0 amide bonds. The van der Waals surface area contributed by atoms with E-state index in [2.05, 4.69) is 24.6 Å². The van der Waals surface area contributed by atoms with Crippen LogP contribution in [0.4, 0.5) is 5.95 Å². The highest BCUT2D eigenvalue weighted by atomic mass is 35.5. The van der Waals surface area contributed by atoms with Gasteiger partial charge in [-0.15, -0.1) is 0 Å². The molecule has 9 heteroatoms. The van der Waals surface area contributed by atoms with Crippen molar-refractivity contribution in [2.24, 2.45) is 5.73 Å². The Morgan fingerprint density at radius 3 is 2.56 bits per heavy atom. The first-order valence-electron chi connectivity index (χ1n) is 8.82. The lowest BCUT2D eigenvalue weighted by Crippen LogP contribution is -2.33. The molecular weight excluding hydrogens is 370 g/mol. The molecule has 1 atom stereocenters. The molecule has 8 nitrogen and oxygen atoms in total. The second kappa shape index (κ2) is 8.96. The number of esters is 1. The number of anilines is 1. The molecule has 144 valence electrons. The number of nitrogens with two attached hydrogens (primary N) is 1.